The van der Waals surface area contributed by atoms with Crippen LogP contribution >= 0.6 is 46.4 Å². The van der Waals surface area contributed by atoms with E-state index in [1.54, 1.807) is 6.07 Å². The van der Waals surface area contributed by atoms with Crippen LogP contribution in [0.5, 0.6) is 0 Å². The molecule has 0 fully saturated rings. The van der Waals surface area contributed by atoms with Gasteiger partial charge >= 0.3 is 0 Å². The highest BCUT2D eigenvalue weighted by Gasteiger charge is 2.15. The maximum atomic E-state index is 6.26. The van der Waals surface area contributed by atoms with Crippen LogP contribution in [0.2, 0.25) is 20.1 Å². The Hall–Kier alpha value is -0.440. The van der Waals surface area contributed by atoms with Gasteiger partial charge in [-0.25, -0.2) is 0 Å². The first-order valence-electron chi connectivity index (χ1n) is 6.67. The fraction of sp³-hybridized carbons (Fsp3) is 0.250. The third kappa shape index (κ3) is 4.06. The molecule has 0 unspecified atom stereocenters. The predicted octanol–water partition coefficient (Wildman–Crippen LogP) is 6.47. The summed E-state index contributed by atoms with van der Waals surface area (Å²) in [6.07, 6.45) is 1.12. The summed E-state index contributed by atoms with van der Waals surface area (Å²) in [5, 5.41) is 4.99. The van der Waals surface area contributed by atoms with E-state index in [0.29, 0.717) is 25.7 Å². The lowest BCUT2D eigenvalue weighted by atomic mass is 10.0. The Kier molecular flexibility index (Phi) is 6.21. The first-order chi connectivity index (χ1) is 10.0. The van der Waals surface area contributed by atoms with E-state index in [0.717, 1.165) is 25.1 Å². The molecule has 0 aliphatic carbocycles. The smallest absolute Gasteiger partial charge is 0.0686 e. The fourth-order valence-corrected chi connectivity index (χ4v) is 3.05. The molecule has 1 nitrogen and oxygen atoms in total. The molecule has 2 aromatic carbocycles. The summed E-state index contributed by atoms with van der Waals surface area (Å²) in [6, 6.07) is 9.59. The van der Waals surface area contributed by atoms with Gasteiger partial charge < -0.3 is 5.32 Å². The van der Waals surface area contributed by atoms with Crippen LogP contribution in [0.15, 0.2) is 30.3 Å². The lowest BCUT2D eigenvalue weighted by molar-refractivity contribution is 0.675. The van der Waals surface area contributed by atoms with Gasteiger partial charge in [0.1, 0.15) is 0 Å². The quantitative estimate of drug-likeness (QED) is 0.474. The summed E-state index contributed by atoms with van der Waals surface area (Å²) in [5.41, 5.74) is 2.77. The summed E-state index contributed by atoms with van der Waals surface area (Å²) < 4.78 is 0. The summed E-state index contributed by atoms with van der Waals surface area (Å²) in [7, 11) is 0. The highest BCUT2D eigenvalue weighted by molar-refractivity contribution is 6.50. The molecular formula is C16H15Cl4N. The van der Waals surface area contributed by atoms with Crippen molar-refractivity contribution in [1.29, 1.82) is 0 Å². The molecule has 0 heterocycles. The minimum absolute atomic E-state index is 0.398. The van der Waals surface area contributed by atoms with Gasteiger partial charge in [0.25, 0.3) is 0 Å². The van der Waals surface area contributed by atoms with Crippen LogP contribution in [0.4, 0.5) is 0 Å². The van der Waals surface area contributed by atoms with E-state index in [1.807, 2.05) is 24.3 Å². The highest BCUT2D eigenvalue weighted by Crippen LogP contribution is 2.43. The number of halogens is 4. The van der Waals surface area contributed by atoms with Crippen molar-refractivity contribution in [3.63, 3.8) is 0 Å². The van der Waals surface area contributed by atoms with Gasteiger partial charge in [0, 0.05) is 12.1 Å². The Morgan fingerprint density at radius 1 is 0.905 bits per heavy atom. The molecule has 21 heavy (non-hydrogen) atoms. The van der Waals surface area contributed by atoms with Crippen LogP contribution in [-0.4, -0.2) is 6.54 Å². The number of hydrogen-bond donors (Lipinski definition) is 1. The molecule has 0 aliphatic rings. The van der Waals surface area contributed by atoms with E-state index in [9.17, 15) is 0 Å². The lowest BCUT2D eigenvalue weighted by Crippen LogP contribution is -2.13. The van der Waals surface area contributed by atoms with Crippen LogP contribution in [0.25, 0.3) is 11.1 Å². The molecule has 0 amide bonds. The number of benzene rings is 2. The van der Waals surface area contributed by atoms with E-state index >= 15 is 0 Å². The molecule has 5 heteroatoms. The summed E-state index contributed by atoms with van der Waals surface area (Å²) in [4.78, 5) is 0. The van der Waals surface area contributed by atoms with Crippen LogP contribution in [0.1, 0.15) is 18.9 Å². The molecule has 0 saturated heterocycles. The minimum Gasteiger partial charge on any atom is -0.313 e. The molecule has 0 saturated carbocycles. The molecule has 0 bridgehead atoms. The Bertz CT molecular complexity index is 597. The molecular weight excluding hydrogens is 348 g/mol. The third-order valence-electron chi connectivity index (χ3n) is 3.11. The molecule has 2 aromatic rings. The first kappa shape index (κ1) is 16.9. The molecule has 1 N–H and O–H groups in total. The first-order valence-corrected chi connectivity index (χ1v) is 8.18. The van der Waals surface area contributed by atoms with Crippen molar-refractivity contribution in [1.82, 2.24) is 5.32 Å². The van der Waals surface area contributed by atoms with E-state index in [2.05, 4.69) is 12.2 Å². The zero-order chi connectivity index (χ0) is 15.4. The van der Waals surface area contributed by atoms with Gasteiger partial charge in [-0.1, -0.05) is 77.6 Å². The molecule has 0 aromatic heterocycles. The van der Waals surface area contributed by atoms with Crippen molar-refractivity contribution in [2.45, 2.75) is 19.9 Å². The highest BCUT2D eigenvalue weighted by atomic mass is 35.5. The Balaban J connectivity index is 2.31. The zero-order valence-corrected chi connectivity index (χ0v) is 14.5. The second kappa shape index (κ2) is 7.71. The molecule has 0 aliphatic heterocycles. The van der Waals surface area contributed by atoms with Crippen molar-refractivity contribution in [2.24, 2.45) is 0 Å². The van der Waals surface area contributed by atoms with Crippen molar-refractivity contribution in [2.75, 3.05) is 6.54 Å². The zero-order valence-electron chi connectivity index (χ0n) is 11.5. The molecule has 0 spiro atoms. The number of nitrogens with one attached hydrogen (secondary N) is 1. The average Bonchev–Trinajstić information content (AvgIpc) is 2.47. The lowest BCUT2D eigenvalue weighted by Gasteiger charge is -2.11. The number of rotatable bonds is 5. The second-order valence-electron chi connectivity index (χ2n) is 4.72. The van der Waals surface area contributed by atoms with Crippen molar-refractivity contribution >= 4 is 46.4 Å². The largest absolute Gasteiger partial charge is 0.313 e. The van der Waals surface area contributed by atoms with Gasteiger partial charge in [-0.15, -0.1) is 0 Å². The normalized spacial score (nSPS) is 10.9. The van der Waals surface area contributed by atoms with Crippen LogP contribution in [0.3, 0.4) is 0 Å². The van der Waals surface area contributed by atoms with Gasteiger partial charge in [-0.3, -0.25) is 0 Å². The maximum Gasteiger partial charge on any atom is 0.0686 e. The Labute approximate surface area is 145 Å². The third-order valence-corrected chi connectivity index (χ3v) is 4.69. The van der Waals surface area contributed by atoms with Gasteiger partial charge in [-0.2, -0.15) is 0 Å². The molecule has 0 radical (unpaired) electrons. The van der Waals surface area contributed by atoms with Gasteiger partial charge in [0.05, 0.1) is 20.1 Å². The number of hydrogen-bond acceptors (Lipinski definition) is 1. The van der Waals surface area contributed by atoms with Crippen molar-refractivity contribution in [3.05, 3.63) is 56.0 Å². The fourth-order valence-electron chi connectivity index (χ4n) is 2.03. The Morgan fingerprint density at radius 2 is 1.48 bits per heavy atom. The molecule has 112 valence electrons. The molecule has 2 rings (SSSR count). The average molecular weight is 363 g/mol. The topological polar surface area (TPSA) is 12.0 Å². The monoisotopic (exact) mass is 361 g/mol. The predicted molar refractivity (Wildman–Crippen MR) is 93.9 cm³/mol. The van der Waals surface area contributed by atoms with E-state index in [-0.39, 0.29) is 0 Å². The van der Waals surface area contributed by atoms with E-state index < -0.39 is 0 Å². The summed E-state index contributed by atoms with van der Waals surface area (Å²) in [5.74, 6) is 0. The van der Waals surface area contributed by atoms with Crippen molar-refractivity contribution in [3.8, 4) is 11.1 Å². The van der Waals surface area contributed by atoms with Gasteiger partial charge in [0.2, 0.25) is 0 Å². The summed E-state index contributed by atoms with van der Waals surface area (Å²) in [6.45, 7) is 3.98. The van der Waals surface area contributed by atoms with Crippen LogP contribution < -0.4 is 5.32 Å². The van der Waals surface area contributed by atoms with Gasteiger partial charge in [-0.05, 0) is 30.2 Å². The van der Waals surface area contributed by atoms with Crippen LogP contribution in [-0.2, 0) is 6.54 Å². The van der Waals surface area contributed by atoms with Crippen molar-refractivity contribution < 1.29 is 0 Å². The molecule has 0 atom stereocenters. The van der Waals surface area contributed by atoms with Crippen LogP contribution in [0, 0.1) is 0 Å². The second-order valence-corrected chi connectivity index (χ2v) is 6.29. The van der Waals surface area contributed by atoms with E-state index in [1.165, 1.54) is 5.56 Å². The standard InChI is InChI=1S/C16H15Cl4N/c1-2-7-21-9-10-3-5-11(6-4-10)14-15(19)12(17)8-13(18)16(14)20/h3-6,8,21H,2,7,9H2,1H3. The van der Waals surface area contributed by atoms with E-state index in [4.69, 9.17) is 46.4 Å². The van der Waals surface area contributed by atoms with Gasteiger partial charge in [0.15, 0.2) is 0 Å². The maximum absolute atomic E-state index is 6.26. The Morgan fingerprint density at radius 3 is 2.00 bits per heavy atom. The minimum atomic E-state index is 0.398. The summed E-state index contributed by atoms with van der Waals surface area (Å²) >= 11 is 24.7. The SMILES string of the molecule is CCCNCc1ccc(-c2c(Cl)c(Cl)cc(Cl)c2Cl)cc1.